The van der Waals surface area contributed by atoms with Crippen molar-refractivity contribution in [1.29, 1.82) is 0 Å². The van der Waals surface area contributed by atoms with Gasteiger partial charge in [0.1, 0.15) is 6.61 Å². The number of hydrogen-bond acceptors (Lipinski definition) is 9. The number of nitrogens with one attached hydrogen (secondary N) is 2. The zero-order valence-electron chi connectivity index (χ0n) is 21.7. The number of anilines is 3. The van der Waals surface area contributed by atoms with Gasteiger partial charge in [-0.25, -0.2) is 14.8 Å². The Morgan fingerprint density at radius 1 is 0.975 bits per heavy atom. The summed E-state index contributed by atoms with van der Waals surface area (Å²) in [5.74, 6) is -0.461. The molecule has 0 bridgehead atoms. The lowest BCUT2D eigenvalue weighted by Crippen LogP contribution is -2.36. The van der Waals surface area contributed by atoms with Crippen LogP contribution < -0.4 is 21.3 Å². The van der Waals surface area contributed by atoms with Crippen molar-refractivity contribution in [2.75, 3.05) is 42.3 Å². The molecule has 2 aromatic heterocycles. The van der Waals surface area contributed by atoms with Gasteiger partial charge in [-0.2, -0.15) is 0 Å². The largest absolute Gasteiger partial charge is 0.445 e. The van der Waals surface area contributed by atoms with E-state index in [1.165, 1.54) is 6.20 Å². The van der Waals surface area contributed by atoms with E-state index in [-0.39, 0.29) is 18.1 Å². The zero-order chi connectivity index (χ0) is 27.7. The normalized spacial score (nSPS) is 12.9. The second kappa shape index (κ2) is 12.7. The smallest absolute Gasteiger partial charge is 0.407 e. The van der Waals surface area contributed by atoms with Crippen LogP contribution in [-0.2, 0) is 22.6 Å². The molecule has 11 nitrogen and oxygen atoms in total. The van der Waals surface area contributed by atoms with Gasteiger partial charge < -0.3 is 30.7 Å². The molecule has 11 heteroatoms. The van der Waals surface area contributed by atoms with Gasteiger partial charge in [-0.15, -0.1) is 0 Å². The third kappa shape index (κ3) is 6.69. The number of nitrogen functional groups attached to an aromatic ring is 1. The summed E-state index contributed by atoms with van der Waals surface area (Å²) in [5.41, 5.74) is 10.5. The summed E-state index contributed by atoms with van der Waals surface area (Å²) >= 11 is 0. The number of aromatic nitrogens is 3. The van der Waals surface area contributed by atoms with E-state index in [1.807, 2.05) is 60.7 Å². The second-order valence-corrected chi connectivity index (χ2v) is 9.05. The number of ether oxygens (including phenoxy) is 2. The fourth-order valence-corrected chi connectivity index (χ4v) is 4.19. The molecule has 2 amide bonds. The fourth-order valence-electron chi connectivity index (χ4n) is 4.19. The molecule has 1 aliphatic heterocycles. The maximum atomic E-state index is 13.2. The first-order valence-electron chi connectivity index (χ1n) is 12.8. The van der Waals surface area contributed by atoms with Crippen LogP contribution in [0.5, 0.6) is 0 Å². The summed E-state index contributed by atoms with van der Waals surface area (Å²) in [6.07, 6.45) is 4.30. The third-order valence-corrected chi connectivity index (χ3v) is 6.31. The minimum absolute atomic E-state index is 0.0150. The van der Waals surface area contributed by atoms with Crippen LogP contribution in [0.1, 0.15) is 21.6 Å². The maximum absolute atomic E-state index is 13.2. The van der Waals surface area contributed by atoms with E-state index in [0.29, 0.717) is 44.2 Å². The number of benzene rings is 2. The summed E-state index contributed by atoms with van der Waals surface area (Å²) in [6.45, 7) is 3.15. The number of nitrogens with two attached hydrogens (primary N) is 1. The molecule has 0 spiro atoms. The van der Waals surface area contributed by atoms with Crippen LogP contribution in [0.2, 0.25) is 0 Å². The van der Waals surface area contributed by atoms with Gasteiger partial charge >= 0.3 is 6.09 Å². The molecule has 0 atom stereocenters. The van der Waals surface area contributed by atoms with E-state index in [1.54, 1.807) is 12.4 Å². The number of alkyl carbamates (subject to hydrolysis) is 1. The molecule has 204 valence electrons. The highest BCUT2D eigenvalue weighted by Gasteiger charge is 2.20. The van der Waals surface area contributed by atoms with Crippen LogP contribution in [0.3, 0.4) is 0 Å². The van der Waals surface area contributed by atoms with Crippen LogP contribution in [0.25, 0.3) is 11.3 Å². The number of rotatable bonds is 8. The topological polar surface area (TPSA) is 145 Å². The molecule has 1 fully saturated rings. The van der Waals surface area contributed by atoms with E-state index in [0.717, 1.165) is 22.4 Å². The Morgan fingerprint density at radius 3 is 2.52 bits per heavy atom. The molecule has 4 aromatic rings. The van der Waals surface area contributed by atoms with Gasteiger partial charge in [-0.05, 0) is 17.2 Å². The Bertz CT molecular complexity index is 1460. The predicted molar refractivity (Wildman–Crippen MR) is 151 cm³/mol. The molecule has 4 N–H and O–H groups in total. The molecule has 0 unspecified atom stereocenters. The van der Waals surface area contributed by atoms with E-state index in [2.05, 4.69) is 30.5 Å². The average Bonchev–Trinajstić information content (AvgIpc) is 3.01. The Kier molecular flexibility index (Phi) is 8.42. The predicted octanol–water partition coefficient (Wildman–Crippen LogP) is 3.64. The summed E-state index contributed by atoms with van der Waals surface area (Å²) in [4.78, 5) is 40.2. The van der Waals surface area contributed by atoms with Crippen LogP contribution in [0, 0.1) is 0 Å². The van der Waals surface area contributed by atoms with Gasteiger partial charge in [0.2, 0.25) is 0 Å². The Balaban J connectivity index is 1.22. The molecule has 1 saturated heterocycles. The number of carbonyl (C=O) groups excluding carboxylic acids is 2. The summed E-state index contributed by atoms with van der Waals surface area (Å²) in [6, 6.07) is 18.7. The number of hydrogen-bond donors (Lipinski definition) is 3. The molecular weight excluding hydrogens is 510 g/mol. The van der Waals surface area contributed by atoms with Crippen molar-refractivity contribution in [3.05, 3.63) is 96.1 Å². The molecule has 3 heterocycles. The minimum Gasteiger partial charge on any atom is -0.445 e. The fraction of sp³-hybridized carbons (Fsp3) is 0.207. The molecule has 0 radical (unpaired) electrons. The van der Waals surface area contributed by atoms with Crippen molar-refractivity contribution in [3.63, 3.8) is 0 Å². The van der Waals surface area contributed by atoms with Crippen LogP contribution in [-0.4, -0.2) is 53.3 Å². The molecule has 0 saturated carbocycles. The van der Waals surface area contributed by atoms with Crippen LogP contribution in [0.15, 0.2) is 79.3 Å². The van der Waals surface area contributed by atoms with Crippen molar-refractivity contribution in [3.8, 4) is 11.3 Å². The van der Waals surface area contributed by atoms with Gasteiger partial charge in [-0.1, -0.05) is 54.6 Å². The van der Waals surface area contributed by atoms with Crippen molar-refractivity contribution >= 4 is 29.2 Å². The van der Waals surface area contributed by atoms with E-state index in [4.69, 9.17) is 15.2 Å². The van der Waals surface area contributed by atoms with Crippen molar-refractivity contribution in [2.45, 2.75) is 13.2 Å². The standard InChI is InChI=1S/C29H29N7O4/c30-27-26(28(37)35-24-17-31-11-10-25(24)36-12-14-39-15-13-36)34-23(18-32-27)22-8-6-20(7-9-22)16-33-29(38)40-19-21-4-2-1-3-5-21/h1-11,17-18H,12-16,19H2,(H2,30,32)(H,33,38)(H,35,37). The first-order valence-corrected chi connectivity index (χ1v) is 12.8. The van der Waals surface area contributed by atoms with Crippen molar-refractivity contribution in [1.82, 2.24) is 20.3 Å². The molecule has 1 aliphatic rings. The lowest BCUT2D eigenvalue weighted by molar-refractivity contribution is 0.102. The number of nitrogens with zero attached hydrogens (tertiary/aromatic N) is 4. The number of morpholine rings is 1. The van der Waals surface area contributed by atoms with Crippen molar-refractivity contribution in [2.24, 2.45) is 0 Å². The highest BCUT2D eigenvalue weighted by atomic mass is 16.5. The third-order valence-electron chi connectivity index (χ3n) is 6.31. The number of pyridine rings is 1. The first kappa shape index (κ1) is 26.6. The Morgan fingerprint density at radius 2 is 1.75 bits per heavy atom. The van der Waals surface area contributed by atoms with Crippen LogP contribution in [0.4, 0.5) is 22.0 Å². The monoisotopic (exact) mass is 539 g/mol. The molecule has 40 heavy (non-hydrogen) atoms. The van der Waals surface area contributed by atoms with Crippen molar-refractivity contribution < 1.29 is 19.1 Å². The number of carbonyl (C=O) groups is 2. The maximum Gasteiger partial charge on any atom is 0.407 e. The van der Waals surface area contributed by atoms with Gasteiger partial charge in [0.15, 0.2) is 11.5 Å². The summed E-state index contributed by atoms with van der Waals surface area (Å²) in [7, 11) is 0. The summed E-state index contributed by atoms with van der Waals surface area (Å²) < 4.78 is 10.7. The van der Waals surface area contributed by atoms with Crippen LogP contribution >= 0.6 is 0 Å². The summed E-state index contributed by atoms with van der Waals surface area (Å²) in [5, 5.41) is 5.62. The molecular formula is C29H29N7O4. The Labute approximate surface area is 231 Å². The SMILES string of the molecule is Nc1ncc(-c2ccc(CNC(=O)OCc3ccccc3)cc2)nc1C(=O)Nc1cnccc1N1CCOCC1. The van der Waals surface area contributed by atoms with Gasteiger partial charge in [-0.3, -0.25) is 9.78 Å². The van der Waals surface area contributed by atoms with E-state index < -0.39 is 12.0 Å². The minimum atomic E-state index is -0.502. The zero-order valence-corrected chi connectivity index (χ0v) is 21.7. The number of amides is 2. The van der Waals surface area contributed by atoms with E-state index >= 15 is 0 Å². The quantitative estimate of drug-likeness (QED) is 0.306. The lowest BCUT2D eigenvalue weighted by Gasteiger charge is -2.30. The highest BCUT2D eigenvalue weighted by molar-refractivity contribution is 6.07. The van der Waals surface area contributed by atoms with Gasteiger partial charge in [0, 0.05) is 31.4 Å². The van der Waals surface area contributed by atoms with Gasteiger partial charge in [0.05, 0.1) is 42.7 Å². The Hall–Kier alpha value is -5.03. The molecule has 2 aromatic carbocycles. The lowest BCUT2D eigenvalue weighted by atomic mass is 10.1. The van der Waals surface area contributed by atoms with Gasteiger partial charge in [0.25, 0.3) is 5.91 Å². The second-order valence-electron chi connectivity index (χ2n) is 9.05. The first-order chi connectivity index (χ1) is 19.6. The molecule has 0 aliphatic carbocycles. The average molecular weight is 540 g/mol. The molecule has 5 rings (SSSR count). The highest BCUT2D eigenvalue weighted by Crippen LogP contribution is 2.27. The van der Waals surface area contributed by atoms with E-state index in [9.17, 15) is 9.59 Å².